The standard InChI is InChI=1S/C17H30N4O4S/c1-16(2,3)24-14(22)18-11-9-7-8-10-12-19-13(26-21-12)20-15(23)25-17(4,5)6/h7-11H2,1-6H3,(H,18,22)(H,19,20,21,23). The monoisotopic (exact) mass is 386 g/mol. The van der Waals surface area contributed by atoms with Gasteiger partial charge in [0.15, 0.2) is 0 Å². The molecule has 0 aliphatic heterocycles. The summed E-state index contributed by atoms with van der Waals surface area (Å²) in [7, 11) is 0. The number of ether oxygens (including phenoxy) is 2. The number of unbranched alkanes of at least 4 members (excludes halogenated alkanes) is 2. The lowest BCUT2D eigenvalue weighted by molar-refractivity contribution is 0.0525. The first kappa shape index (κ1) is 22.1. The average molecular weight is 387 g/mol. The first-order valence-electron chi connectivity index (χ1n) is 8.74. The third-order valence-corrected chi connectivity index (χ3v) is 3.49. The van der Waals surface area contributed by atoms with Crippen molar-refractivity contribution in [1.82, 2.24) is 14.7 Å². The average Bonchev–Trinajstić information content (AvgIpc) is 2.85. The van der Waals surface area contributed by atoms with E-state index in [-0.39, 0.29) is 0 Å². The van der Waals surface area contributed by atoms with Crippen molar-refractivity contribution in [3.8, 4) is 0 Å². The van der Waals surface area contributed by atoms with Crippen LogP contribution in [0.2, 0.25) is 0 Å². The zero-order valence-corrected chi connectivity index (χ0v) is 17.3. The molecule has 0 aliphatic carbocycles. The number of rotatable bonds is 7. The molecular weight excluding hydrogens is 356 g/mol. The van der Waals surface area contributed by atoms with Crippen LogP contribution in [0.1, 0.15) is 66.6 Å². The second-order valence-electron chi connectivity index (χ2n) is 7.88. The Bertz CT molecular complexity index is 590. The van der Waals surface area contributed by atoms with Gasteiger partial charge in [0.1, 0.15) is 17.0 Å². The minimum atomic E-state index is -0.551. The van der Waals surface area contributed by atoms with Crippen molar-refractivity contribution in [2.45, 2.75) is 78.4 Å². The first-order chi connectivity index (χ1) is 11.9. The summed E-state index contributed by atoms with van der Waals surface area (Å²) in [4.78, 5) is 27.4. The molecule has 0 aliphatic rings. The Morgan fingerprint density at radius 1 is 0.962 bits per heavy atom. The molecule has 1 aromatic heterocycles. The fourth-order valence-corrected chi connectivity index (χ4v) is 2.49. The lowest BCUT2D eigenvalue weighted by Crippen LogP contribution is -2.32. The Morgan fingerprint density at radius 2 is 1.58 bits per heavy atom. The molecule has 2 amide bonds. The molecule has 0 atom stereocenters. The Balaban J connectivity index is 2.18. The van der Waals surface area contributed by atoms with Gasteiger partial charge in [0, 0.05) is 24.5 Å². The van der Waals surface area contributed by atoms with Gasteiger partial charge in [-0.3, -0.25) is 5.32 Å². The molecule has 0 aromatic carbocycles. The zero-order valence-electron chi connectivity index (χ0n) is 16.5. The van der Waals surface area contributed by atoms with Crippen LogP contribution in [0.4, 0.5) is 14.7 Å². The number of aryl methyl sites for hydroxylation is 1. The molecule has 26 heavy (non-hydrogen) atoms. The molecule has 0 saturated carbocycles. The molecule has 9 heteroatoms. The predicted octanol–water partition coefficient (Wildman–Crippen LogP) is 4.12. The first-order valence-corrected chi connectivity index (χ1v) is 9.51. The highest BCUT2D eigenvalue weighted by Gasteiger charge is 2.18. The van der Waals surface area contributed by atoms with Crippen molar-refractivity contribution in [2.75, 3.05) is 11.9 Å². The van der Waals surface area contributed by atoms with E-state index in [1.54, 1.807) is 20.8 Å². The van der Waals surface area contributed by atoms with Gasteiger partial charge in [-0.2, -0.15) is 4.37 Å². The van der Waals surface area contributed by atoms with Crippen molar-refractivity contribution in [2.24, 2.45) is 0 Å². The molecule has 0 unspecified atom stereocenters. The molecule has 0 bridgehead atoms. The fraction of sp³-hybridized carbons (Fsp3) is 0.765. The van der Waals surface area contributed by atoms with Crippen LogP contribution in [0.15, 0.2) is 0 Å². The summed E-state index contributed by atoms with van der Waals surface area (Å²) in [5, 5.41) is 5.74. The van der Waals surface area contributed by atoms with E-state index in [4.69, 9.17) is 9.47 Å². The normalized spacial score (nSPS) is 11.8. The molecule has 1 heterocycles. The highest BCUT2D eigenvalue weighted by atomic mass is 32.1. The van der Waals surface area contributed by atoms with Gasteiger partial charge in [-0.25, -0.2) is 14.6 Å². The smallest absolute Gasteiger partial charge is 0.414 e. The Kier molecular flexibility index (Phi) is 8.26. The molecule has 0 fully saturated rings. The topological polar surface area (TPSA) is 102 Å². The number of hydrogen-bond acceptors (Lipinski definition) is 7. The van der Waals surface area contributed by atoms with Crippen molar-refractivity contribution < 1.29 is 19.1 Å². The van der Waals surface area contributed by atoms with E-state index in [2.05, 4.69) is 20.0 Å². The van der Waals surface area contributed by atoms with Crippen LogP contribution in [-0.2, 0) is 15.9 Å². The van der Waals surface area contributed by atoms with E-state index in [1.165, 1.54) is 0 Å². The summed E-state index contributed by atoms with van der Waals surface area (Å²) < 4.78 is 14.6. The third-order valence-electron chi connectivity index (χ3n) is 2.82. The molecule has 1 rings (SSSR count). The van der Waals surface area contributed by atoms with Gasteiger partial charge in [0.25, 0.3) is 0 Å². The second-order valence-corrected chi connectivity index (χ2v) is 8.63. The maximum absolute atomic E-state index is 11.7. The molecule has 8 nitrogen and oxygen atoms in total. The van der Waals surface area contributed by atoms with Crippen molar-refractivity contribution in [1.29, 1.82) is 0 Å². The van der Waals surface area contributed by atoms with Crippen molar-refractivity contribution in [3.05, 3.63) is 5.82 Å². The van der Waals surface area contributed by atoms with E-state index >= 15 is 0 Å². The van der Waals surface area contributed by atoms with Gasteiger partial charge in [0.05, 0.1) is 0 Å². The summed E-state index contributed by atoms with van der Waals surface area (Å²) in [6, 6.07) is 0. The number of anilines is 1. The van der Waals surface area contributed by atoms with Crippen LogP contribution in [0, 0.1) is 0 Å². The van der Waals surface area contributed by atoms with Gasteiger partial charge < -0.3 is 14.8 Å². The van der Waals surface area contributed by atoms with Crippen LogP contribution < -0.4 is 10.6 Å². The van der Waals surface area contributed by atoms with Crippen molar-refractivity contribution in [3.63, 3.8) is 0 Å². The van der Waals surface area contributed by atoms with E-state index < -0.39 is 23.4 Å². The number of hydrogen-bond donors (Lipinski definition) is 2. The summed E-state index contributed by atoms with van der Waals surface area (Å²) in [5.41, 5.74) is -1.03. The summed E-state index contributed by atoms with van der Waals surface area (Å²) in [6.45, 7) is 11.5. The second kappa shape index (κ2) is 9.70. The van der Waals surface area contributed by atoms with Gasteiger partial charge in [0.2, 0.25) is 5.13 Å². The molecule has 148 valence electrons. The molecule has 0 radical (unpaired) electrons. The Labute approximate surface area is 159 Å². The third kappa shape index (κ3) is 10.9. The summed E-state index contributed by atoms with van der Waals surface area (Å²) in [6.07, 6.45) is 2.48. The maximum atomic E-state index is 11.7. The number of aromatic nitrogens is 2. The number of nitrogens with one attached hydrogen (secondary N) is 2. The number of carbonyl (C=O) groups is 2. The number of carbonyl (C=O) groups excluding carboxylic acids is 2. The highest BCUT2D eigenvalue weighted by Crippen LogP contribution is 2.15. The maximum Gasteiger partial charge on any atom is 0.414 e. The van der Waals surface area contributed by atoms with E-state index in [0.29, 0.717) is 17.5 Å². The summed E-state index contributed by atoms with van der Waals surface area (Å²) >= 11 is 1.13. The quantitative estimate of drug-likeness (QED) is 0.683. The van der Waals surface area contributed by atoms with Gasteiger partial charge in [-0.1, -0.05) is 6.42 Å². The van der Waals surface area contributed by atoms with Crippen LogP contribution in [0.5, 0.6) is 0 Å². The van der Waals surface area contributed by atoms with Crippen LogP contribution in [0.3, 0.4) is 0 Å². The fourth-order valence-electron chi connectivity index (χ4n) is 1.89. The van der Waals surface area contributed by atoms with Gasteiger partial charge >= 0.3 is 12.2 Å². The predicted molar refractivity (Wildman–Crippen MR) is 102 cm³/mol. The molecule has 0 spiro atoms. The molecular formula is C17H30N4O4S. The SMILES string of the molecule is CC(C)(C)OC(=O)NCCCCCc1nsc(NC(=O)OC(C)(C)C)n1. The highest BCUT2D eigenvalue weighted by molar-refractivity contribution is 7.09. The number of alkyl carbamates (subject to hydrolysis) is 1. The Morgan fingerprint density at radius 3 is 2.19 bits per heavy atom. The number of nitrogens with zero attached hydrogens (tertiary/aromatic N) is 2. The minimum absolute atomic E-state index is 0.392. The van der Waals surface area contributed by atoms with E-state index in [0.717, 1.165) is 37.2 Å². The lowest BCUT2D eigenvalue weighted by Gasteiger charge is -2.19. The van der Waals surface area contributed by atoms with Crippen molar-refractivity contribution >= 4 is 28.9 Å². The minimum Gasteiger partial charge on any atom is -0.444 e. The van der Waals surface area contributed by atoms with Gasteiger partial charge in [-0.05, 0) is 54.4 Å². The van der Waals surface area contributed by atoms with E-state index in [1.807, 2.05) is 20.8 Å². The van der Waals surface area contributed by atoms with Gasteiger partial charge in [-0.15, -0.1) is 0 Å². The largest absolute Gasteiger partial charge is 0.444 e. The van der Waals surface area contributed by atoms with E-state index in [9.17, 15) is 9.59 Å². The number of amides is 2. The molecule has 0 saturated heterocycles. The summed E-state index contributed by atoms with van der Waals surface area (Å²) in [5.74, 6) is 0.696. The zero-order chi connectivity index (χ0) is 19.8. The van der Waals surface area contributed by atoms with Crippen LogP contribution >= 0.6 is 11.5 Å². The molecule has 1 aromatic rings. The Hall–Kier alpha value is -1.90. The van der Waals surface area contributed by atoms with Crippen LogP contribution in [0.25, 0.3) is 0 Å². The molecule has 2 N–H and O–H groups in total. The lowest BCUT2D eigenvalue weighted by atomic mass is 10.2. The van der Waals surface area contributed by atoms with Crippen LogP contribution in [-0.4, -0.2) is 39.3 Å².